The number of hydrogen-bond donors (Lipinski definition) is 0. The van der Waals surface area contributed by atoms with Gasteiger partial charge in [-0.15, -0.1) is 40.3 Å². The molecule has 0 aliphatic carbocycles. The van der Waals surface area contributed by atoms with Crippen LogP contribution in [0.15, 0.2) is 85.5 Å². The van der Waals surface area contributed by atoms with Crippen LogP contribution in [0, 0.1) is 41.5 Å². The van der Waals surface area contributed by atoms with Crippen molar-refractivity contribution in [2.24, 2.45) is 0 Å². The zero-order chi connectivity index (χ0) is 23.7. The third-order valence-corrected chi connectivity index (χ3v) is 7.59. The van der Waals surface area contributed by atoms with Gasteiger partial charge in [0.25, 0.3) is 0 Å². The maximum absolute atomic E-state index is 3.46. The molecule has 4 aromatic rings. The minimum atomic E-state index is 0. The van der Waals surface area contributed by atoms with Gasteiger partial charge in [0.1, 0.15) is 0 Å². The molecule has 0 nitrogen and oxygen atoms in total. The quantitative estimate of drug-likeness (QED) is 0.142. The average Bonchev–Trinajstić information content (AvgIpc) is 3.28. The largest absolute Gasteiger partial charge is 2.00 e. The van der Waals surface area contributed by atoms with Gasteiger partial charge >= 0.3 is 26.2 Å². The van der Waals surface area contributed by atoms with E-state index in [0.29, 0.717) is 0 Å². The van der Waals surface area contributed by atoms with E-state index in [4.69, 9.17) is 0 Å². The van der Waals surface area contributed by atoms with Gasteiger partial charge in [-0.25, -0.2) is 0 Å². The molecule has 1 atom stereocenters. The molecule has 0 aromatic heterocycles. The Bertz CT molecular complexity index is 1070. The summed E-state index contributed by atoms with van der Waals surface area (Å²) in [7, 11) is 0.759. The van der Waals surface area contributed by atoms with Crippen LogP contribution in [-0.2, 0) is 26.2 Å². The van der Waals surface area contributed by atoms with Crippen molar-refractivity contribution in [3.05, 3.63) is 119 Å². The number of allylic oxidation sites excluding steroid dienone is 3. The Labute approximate surface area is 222 Å². The first-order valence-electron chi connectivity index (χ1n) is 11.2. The molecule has 0 aliphatic heterocycles. The second kappa shape index (κ2) is 14.5. The van der Waals surface area contributed by atoms with Gasteiger partial charge in [0.05, 0.1) is 0 Å². The molecule has 170 valence electrons. The summed E-state index contributed by atoms with van der Waals surface area (Å²) in [6.45, 7) is 18.6. The Balaban J connectivity index is 0.000000291. The molecule has 0 radical (unpaired) electrons. The van der Waals surface area contributed by atoms with Gasteiger partial charge in [-0.2, -0.15) is 33.9 Å². The Morgan fingerprint density at radius 3 is 1.91 bits per heavy atom. The molecular formula is C31H37PZr. The molecule has 0 aliphatic rings. The average molecular weight is 532 g/mol. The van der Waals surface area contributed by atoms with Crippen LogP contribution in [0.1, 0.15) is 40.3 Å². The first kappa shape index (κ1) is 29.2. The number of fused-ring (bicyclic) bond motifs is 1. The molecule has 0 N–H and O–H groups in total. The van der Waals surface area contributed by atoms with Crippen molar-refractivity contribution in [1.29, 1.82) is 0 Å². The van der Waals surface area contributed by atoms with Crippen LogP contribution >= 0.6 is 8.58 Å². The number of rotatable bonds is 3. The van der Waals surface area contributed by atoms with Crippen LogP contribution in [0.2, 0.25) is 0 Å². The fourth-order valence-electron chi connectivity index (χ4n) is 3.63. The predicted molar refractivity (Wildman–Crippen MR) is 149 cm³/mol. The third-order valence-electron chi connectivity index (χ3n) is 6.18. The Morgan fingerprint density at radius 1 is 0.879 bits per heavy atom. The van der Waals surface area contributed by atoms with E-state index in [1.807, 2.05) is 19.1 Å². The normalized spacial score (nSPS) is 10.5. The van der Waals surface area contributed by atoms with E-state index in [1.54, 1.807) is 6.08 Å². The van der Waals surface area contributed by atoms with Gasteiger partial charge in [0, 0.05) is 0 Å². The van der Waals surface area contributed by atoms with Crippen molar-refractivity contribution in [3.63, 3.8) is 0 Å². The molecule has 4 rings (SSSR count). The molecule has 1 unspecified atom stereocenters. The second-order valence-corrected chi connectivity index (χ2v) is 9.57. The van der Waals surface area contributed by atoms with Crippen molar-refractivity contribution in [1.82, 2.24) is 0 Å². The molecule has 0 amide bonds. The fourth-order valence-corrected chi connectivity index (χ4v) is 4.86. The van der Waals surface area contributed by atoms with Gasteiger partial charge in [0.2, 0.25) is 0 Å². The van der Waals surface area contributed by atoms with Crippen LogP contribution in [0.4, 0.5) is 0 Å². The Kier molecular flexibility index (Phi) is 12.8. The Morgan fingerprint density at radius 2 is 1.45 bits per heavy atom. The third kappa shape index (κ3) is 8.17. The standard InChI is InChI=1S/C16H14P.C10H15.C5H8.Zr/c1-12-6-2-5-9-16(12)17-15-10-13-7-3-4-8-14(13)11-15;1-6-7(2)9(4)10(5)8(6)3;1-3-5-4-2;/h2-11,17H,1H3;1-5H3;3-5H,1H2,2H3;/q2*-1;;+2. The smallest absolute Gasteiger partial charge is 0.196 e. The summed E-state index contributed by atoms with van der Waals surface area (Å²) in [6.07, 6.45) is 5.58. The maximum Gasteiger partial charge on any atom is 2.00 e. The number of aryl methyl sites for hydroxylation is 1. The molecule has 0 spiro atoms. The van der Waals surface area contributed by atoms with Crippen molar-refractivity contribution in [3.8, 4) is 0 Å². The van der Waals surface area contributed by atoms with Crippen LogP contribution in [0.25, 0.3) is 10.8 Å². The molecule has 0 bridgehead atoms. The van der Waals surface area contributed by atoms with E-state index in [-0.39, 0.29) is 26.2 Å². The number of benzene rings is 2. The minimum absolute atomic E-state index is 0. The molecule has 2 heteroatoms. The van der Waals surface area contributed by atoms with E-state index in [0.717, 1.165) is 8.58 Å². The van der Waals surface area contributed by atoms with E-state index < -0.39 is 0 Å². The molecule has 0 heterocycles. The molecule has 0 saturated carbocycles. The SMILES string of the molecule is C=CC=CC.Cc1c(C)c(C)[c-](C)c1C.Cc1ccccc1Pc1cc2ccccc2[cH-]1.[Zr+2]. The summed E-state index contributed by atoms with van der Waals surface area (Å²) >= 11 is 0. The van der Waals surface area contributed by atoms with Gasteiger partial charge < -0.3 is 0 Å². The summed E-state index contributed by atoms with van der Waals surface area (Å²) in [5.74, 6) is 0. The van der Waals surface area contributed by atoms with Crippen LogP contribution in [0.5, 0.6) is 0 Å². The van der Waals surface area contributed by atoms with Crippen molar-refractivity contribution in [2.75, 3.05) is 0 Å². The summed E-state index contributed by atoms with van der Waals surface area (Å²) in [5, 5.41) is 5.58. The van der Waals surface area contributed by atoms with Crippen molar-refractivity contribution in [2.45, 2.75) is 48.5 Å². The van der Waals surface area contributed by atoms with Gasteiger partial charge in [-0.3, -0.25) is 0 Å². The van der Waals surface area contributed by atoms with Crippen molar-refractivity contribution < 1.29 is 26.2 Å². The first-order chi connectivity index (χ1) is 15.3. The molecule has 33 heavy (non-hydrogen) atoms. The predicted octanol–water partition coefficient (Wildman–Crippen LogP) is 8.19. The van der Waals surface area contributed by atoms with Gasteiger partial charge in [-0.05, 0) is 24.7 Å². The van der Waals surface area contributed by atoms with E-state index in [1.165, 1.54) is 54.8 Å². The number of hydrogen-bond acceptors (Lipinski definition) is 0. The Hall–Kier alpha value is -1.81. The van der Waals surface area contributed by atoms with E-state index in [9.17, 15) is 0 Å². The van der Waals surface area contributed by atoms with Crippen LogP contribution < -0.4 is 10.6 Å². The zero-order valence-corrected chi connectivity index (χ0v) is 24.7. The van der Waals surface area contributed by atoms with Crippen molar-refractivity contribution >= 4 is 30.0 Å². The zero-order valence-electron chi connectivity index (χ0n) is 21.2. The van der Waals surface area contributed by atoms with Gasteiger partial charge in [0.15, 0.2) is 0 Å². The summed E-state index contributed by atoms with van der Waals surface area (Å²) < 4.78 is 0. The van der Waals surface area contributed by atoms with Gasteiger partial charge in [-0.1, -0.05) is 98.3 Å². The maximum atomic E-state index is 3.46. The first-order valence-corrected chi connectivity index (χ1v) is 12.2. The second-order valence-electron chi connectivity index (χ2n) is 8.20. The molecule has 0 saturated heterocycles. The van der Waals surface area contributed by atoms with Crippen LogP contribution in [0.3, 0.4) is 0 Å². The van der Waals surface area contributed by atoms with E-state index in [2.05, 4.69) is 109 Å². The minimum Gasteiger partial charge on any atom is -0.196 e. The summed E-state index contributed by atoms with van der Waals surface area (Å²) in [4.78, 5) is 0. The monoisotopic (exact) mass is 530 g/mol. The van der Waals surface area contributed by atoms with Crippen LogP contribution in [-0.4, -0.2) is 0 Å². The fraction of sp³-hybridized carbons (Fsp3) is 0.226. The molecular weight excluding hydrogens is 495 g/mol. The van der Waals surface area contributed by atoms with E-state index >= 15 is 0 Å². The molecule has 4 aromatic carbocycles. The summed E-state index contributed by atoms with van der Waals surface area (Å²) in [5.41, 5.74) is 8.72. The molecule has 0 fully saturated rings. The summed E-state index contributed by atoms with van der Waals surface area (Å²) in [6, 6.07) is 21.8. The topological polar surface area (TPSA) is 0 Å².